The second kappa shape index (κ2) is 8.01. The summed E-state index contributed by atoms with van der Waals surface area (Å²) in [4.78, 5) is 14.6. The normalized spacial score (nSPS) is 11.4. The van der Waals surface area contributed by atoms with Crippen LogP contribution >= 0.6 is 11.8 Å². The molecule has 0 aliphatic rings. The highest BCUT2D eigenvalue weighted by molar-refractivity contribution is 7.99. The predicted octanol–water partition coefficient (Wildman–Crippen LogP) is 5.25. The smallest absolute Gasteiger partial charge is 0.317 e. The van der Waals surface area contributed by atoms with Crippen molar-refractivity contribution in [2.45, 2.75) is 49.4 Å². The van der Waals surface area contributed by atoms with E-state index in [9.17, 15) is 4.79 Å². The van der Waals surface area contributed by atoms with Crippen LogP contribution in [0, 0.1) is 6.92 Å². The van der Waals surface area contributed by atoms with Crippen LogP contribution in [-0.4, -0.2) is 15.7 Å². The molecule has 0 aliphatic heterocycles. The fraction of sp³-hybridized carbons (Fsp3) is 0.273. The number of aromatic nitrogens is 2. The monoisotopic (exact) mass is 380 g/mol. The molecule has 1 heterocycles. The van der Waals surface area contributed by atoms with Crippen molar-refractivity contribution >= 4 is 17.7 Å². The van der Waals surface area contributed by atoms with Crippen molar-refractivity contribution in [2.24, 2.45) is 0 Å². The molecule has 3 rings (SSSR count). The van der Waals surface area contributed by atoms with E-state index in [4.69, 9.17) is 4.74 Å². The lowest BCUT2D eigenvalue weighted by molar-refractivity contribution is -0.134. The number of ether oxygens (including phenoxy) is 1. The largest absolute Gasteiger partial charge is 0.406 e. The maximum absolute atomic E-state index is 12.6. The highest BCUT2D eigenvalue weighted by Gasteiger charge is 2.27. The van der Waals surface area contributed by atoms with E-state index >= 15 is 0 Å². The molecule has 2 aromatic carbocycles. The molecule has 140 valence electrons. The number of esters is 1. The molecule has 0 atom stereocenters. The number of nitrogens with zero attached hydrogens (tertiary/aromatic N) is 2. The molecule has 0 unspecified atom stereocenters. The third-order valence-electron chi connectivity index (χ3n) is 3.97. The molecule has 0 saturated carbocycles. The number of benzene rings is 2. The molecule has 1 aromatic heterocycles. The molecule has 0 fully saturated rings. The minimum Gasteiger partial charge on any atom is -0.406 e. The van der Waals surface area contributed by atoms with E-state index in [2.05, 4.69) is 5.10 Å². The summed E-state index contributed by atoms with van der Waals surface area (Å²) >= 11 is 1.57. The van der Waals surface area contributed by atoms with Crippen molar-refractivity contribution in [1.29, 1.82) is 0 Å². The molecule has 0 amide bonds. The van der Waals surface area contributed by atoms with Crippen LogP contribution in [0.3, 0.4) is 0 Å². The van der Waals surface area contributed by atoms with Crippen LogP contribution in [0.2, 0.25) is 0 Å². The van der Waals surface area contributed by atoms with Crippen LogP contribution in [-0.2, 0) is 16.8 Å². The van der Waals surface area contributed by atoms with Gasteiger partial charge in [0.2, 0.25) is 5.88 Å². The number of aryl methyl sites for hydroxylation is 1. The fourth-order valence-electron chi connectivity index (χ4n) is 2.67. The van der Waals surface area contributed by atoms with Crippen LogP contribution in [0.1, 0.15) is 32.0 Å². The lowest BCUT2D eigenvalue weighted by Gasteiger charge is -2.22. The van der Waals surface area contributed by atoms with Crippen LogP contribution in [0.5, 0.6) is 5.88 Å². The fourth-order valence-corrected chi connectivity index (χ4v) is 3.60. The molecule has 4 nitrogen and oxygen atoms in total. The molecule has 0 N–H and O–H groups in total. The zero-order valence-electron chi connectivity index (χ0n) is 16.1. The Morgan fingerprint density at radius 1 is 1.04 bits per heavy atom. The first-order valence-electron chi connectivity index (χ1n) is 8.92. The van der Waals surface area contributed by atoms with Crippen molar-refractivity contribution in [3.63, 3.8) is 0 Å². The van der Waals surface area contributed by atoms with E-state index in [1.54, 1.807) is 16.4 Å². The zero-order chi connectivity index (χ0) is 19.4. The Morgan fingerprint density at radius 2 is 1.63 bits per heavy atom. The zero-order valence-corrected chi connectivity index (χ0v) is 16.9. The van der Waals surface area contributed by atoms with Gasteiger partial charge in [-0.05, 0) is 45.4 Å². The summed E-state index contributed by atoms with van der Waals surface area (Å²) in [5, 5.41) is 4.66. The van der Waals surface area contributed by atoms with Gasteiger partial charge in [-0.1, -0.05) is 60.3 Å². The van der Waals surface area contributed by atoms with Gasteiger partial charge in [-0.25, -0.2) is 4.68 Å². The molecular formula is C22H24N2O2S. The predicted molar refractivity (Wildman–Crippen MR) is 108 cm³/mol. The van der Waals surface area contributed by atoms with Crippen molar-refractivity contribution in [3.05, 3.63) is 71.9 Å². The highest BCUT2D eigenvalue weighted by Crippen LogP contribution is 2.40. The van der Waals surface area contributed by atoms with Crippen molar-refractivity contribution < 1.29 is 9.53 Å². The molecule has 5 heteroatoms. The Morgan fingerprint density at radius 3 is 2.22 bits per heavy atom. The molecule has 0 spiro atoms. The van der Waals surface area contributed by atoms with Crippen LogP contribution < -0.4 is 4.74 Å². The van der Waals surface area contributed by atoms with Gasteiger partial charge in [0, 0.05) is 4.90 Å². The second-order valence-electron chi connectivity index (χ2n) is 7.35. The average molecular weight is 381 g/mol. The van der Waals surface area contributed by atoms with Gasteiger partial charge in [-0.15, -0.1) is 0 Å². The third kappa shape index (κ3) is 4.80. The van der Waals surface area contributed by atoms with Crippen LogP contribution in [0.25, 0.3) is 0 Å². The van der Waals surface area contributed by atoms with Gasteiger partial charge < -0.3 is 4.74 Å². The summed E-state index contributed by atoms with van der Waals surface area (Å²) < 4.78 is 7.64. The first-order chi connectivity index (χ1) is 12.8. The SMILES string of the molecule is Cc1nn(C(C)(C)C)c(OC(=O)Cc2ccccc2)c1Sc1ccccc1. The first-order valence-corrected chi connectivity index (χ1v) is 9.74. The minimum atomic E-state index is -0.303. The Labute approximate surface area is 164 Å². The first kappa shape index (κ1) is 19.2. The molecule has 0 bridgehead atoms. The molecular weight excluding hydrogens is 356 g/mol. The Kier molecular flexibility index (Phi) is 5.71. The summed E-state index contributed by atoms with van der Waals surface area (Å²) in [7, 11) is 0. The van der Waals surface area contributed by atoms with Gasteiger partial charge in [0.1, 0.15) is 0 Å². The van der Waals surface area contributed by atoms with Crippen molar-refractivity contribution in [2.75, 3.05) is 0 Å². The summed E-state index contributed by atoms with van der Waals surface area (Å²) in [6, 6.07) is 19.7. The minimum absolute atomic E-state index is 0.227. The Balaban J connectivity index is 1.92. The standard InChI is InChI=1S/C22H24N2O2S/c1-16-20(27-18-13-9-6-10-14-18)21(24(23-16)22(2,3)4)26-19(25)15-17-11-7-5-8-12-17/h5-14H,15H2,1-4H3. The molecule has 27 heavy (non-hydrogen) atoms. The van der Waals surface area contributed by atoms with Gasteiger partial charge in [-0.2, -0.15) is 5.10 Å². The van der Waals surface area contributed by atoms with Gasteiger partial charge in [0.25, 0.3) is 0 Å². The number of rotatable bonds is 5. The summed E-state index contributed by atoms with van der Waals surface area (Å²) in [6.07, 6.45) is 0.227. The Bertz CT molecular complexity index is 913. The summed E-state index contributed by atoms with van der Waals surface area (Å²) in [5.41, 5.74) is 1.47. The van der Waals surface area contributed by atoms with Crippen LogP contribution in [0.4, 0.5) is 0 Å². The topological polar surface area (TPSA) is 44.1 Å². The molecule has 3 aromatic rings. The van der Waals surface area contributed by atoms with Gasteiger partial charge in [0.05, 0.1) is 22.5 Å². The van der Waals surface area contributed by atoms with Gasteiger partial charge in [-0.3, -0.25) is 4.79 Å². The maximum atomic E-state index is 12.6. The highest BCUT2D eigenvalue weighted by atomic mass is 32.2. The number of hydrogen-bond donors (Lipinski definition) is 0. The maximum Gasteiger partial charge on any atom is 0.317 e. The van der Waals surface area contributed by atoms with Gasteiger partial charge >= 0.3 is 5.97 Å². The number of carbonyl (C=O) groups excluding carboxylic acids is 1. The quantitative estimate of drug-likeness (QED) is 0.567. The summed E-state index contributed by atoms with van der Waals surface area (Å²) in [5.74, 6) is 0.219. The number of hydrogen-bond acceptors (Lipinski definition) is 4. The van der Waals surface area contributed by atoms with E-state index in [0.29, 0.717) is 5.88 Å². The Hall–Kier alpha value is -2.53. The lowest BCUT2D eigenvalue weighted by atomic mass is 10.1. The number of carbonyl (C=O) groups is 1. The van der Waals surface area contributed by atoms with Crippen molar-refractivity contribution in [3.8, 4) is 5.88 Å². The third-order valence-corrected chi connectivity index (χ3v) is 5.15. The molecule has 0 aliphatic carbocycles. The van der Waals surface area contributed by atoms with E-state index in [-0.39, 0.29) is 17.9 Å². The van der Waals surface area contributed by atoms with E-state index in [0.717, 1.165) is 21.0 Å². The van der Waals surface area contributed by atoms with Crippen molar-refractivity contribution in [1.82, 2.24) is 9.78 Å². The summed E-state index contributed by atoms with van der Waals surface area (Å²) in [6.45, 7) is 8.09. The molecule has 0 radical (unpaired) electrons. The van der Waals surface area contributed by atoms with E-state index in [1.165, 1.54) is 0 Å². The van der Waals surface area contributed by atoms with Crippen LogP contribution in [0.15, 0.2) is 70.5 Å². The van der Waals surface area contributed by atoms with E-state index in [1.807, 2.05) is 88.4 Å². The second-order valence-corrected chi connectivity index (χ2v) is 8.44. The van der Waals surface area contributed by atoms with E-state index < -0.39 is 0 Å². The average Bonchev–Trinajstić information content (AvgIpc) is 2.93. The van der Waals surface area contributed by atoms with Gasteiger partial charge in [0.15, 0.2) is 0 Å². The molecule has 0 saturated heterocycles. The lowest BCUT2D eigenvalue weighted by Crippen LogP contribution is -2.26.